The van der Waals surface area contributed by atoms with Crippen molar-refractivity contribution in [1.29, 1.82) is 0 Å². The van der Waals surface area contributed by atoms with Crippen molar-refractivity contribution in [3.8, 4) is 0 Å². The van der Waals surface area contributed by atoms with Crippen LogP contribution in [0.25, 0.3) is 0 Å². The van der Waals surface area contributed by atoms with Crippen molar-refractivity contribution in [1.82, 2.24) is 0 Å². The molecule has 1 aromatic rings. The van der Waals surface area contributed by atoms with Crippen molar-refractivity contribution in [3.05, 3.63) is 35.6 Å². The van der Waals surface area contributed by atoms with Gasteiger partial charge >= 0.3 is 0 Å². The minimum absolute atomic E-state index is 0.264. The second-order valence-electron chi connectivity index (χ2n) is 4.04. The summed E-state index contributed by atoms with van der Waals surface area (Å²) in [7, 11) is 0. The highest BCUT2D eigenvalue weighted by molar-refractivity contribution is 5.19. The van der Waals surface area contributed by atoms with Crippen LogP contribution in [0.3, 0.4) is 0 Å². The zero-order chi connectivity index (χ0) is 9.97. The normalized spacial score (nSPS) is 19.9. The lowest BCUT2D eigenvalue weighted by Crippen LogP contribution is -2.08. The molecule has 2 heteroatoms. The quantitative estimate of drug-likeness (QED) is 0.767. The topological polar surface area (TPSA) is 20.2 Å². The van der Waals surface area contributed by atoms with Gasteiger partial charge in [0.15, 0.2) is 0 Å². The van der Waals surface area contributed by atoms with Crippen LogP contribution in [-0.2, 0) is 0 Å². The molecular formula is C12H15FO. The van der Waals surface area contributed by atoms with Crippen LogP contribution in [0.5, 0.6) is 0 Å². The Labute approximate surface area is 83.6 Å². The summed E-state index contributed by atoms with van der Waals surface area (Å²) < 4.78 is 12.9. The average Bonchev–Trinajstić information content (AvgIpc) is 2.69. The van der Waals surface area contributed by atoms with Gasteiger partial charge in [-0.3, -0.25) is 0 Å². The fourth-order valence-corrected chi connectivity index (χ4v) is 2.24. The lowest BCUT2D eigenvalue weighted by molar-refractivity contribution is 0.111. The van der Waals surface area contributed by atoms with Crippen molar-refractivity contribution < 1.29 is 9.50 Å². The molecule has 76 valence electrons. The molecule has 1 aliphatic rings. The van der Waals surface area contributed by atoms with Gasteiger partial charge in [0.1, 0.15) is 5.82 Å². The van der Waals surface area contributed by atoms with E-state index in [4.69, 9.17) is 0 Å². The summed E-state index contributed by atoms with van der Waals surface area (Å²) in [6, 6.07) is 6.29. The van der Waals surface area contributed by atoms with E-state index in [-0.39, 0.29) is 5.82 Å². The highest BCUT2D eigenvalue weighted by Gasteiger charge is 2.24. The number of hydrogen-bond acceptors (Lipinski definition) is 1. The van der Waals surface area contributed by atoms with Gasteiger partial charge in [-0.15, -0.1) is 0 Å². The van der Waals surface area contributed by atoms with Crippen LogP contribution in [0.4, 0.5) is 4.39 Å². The third-order valence-electron chi connectivity index (χ3n) is 3.04. The lowest BCUT2D eigenvalue weighted by atomic mass is 9.94. The summed E-state index contributed by atoms with van der Waals surface area (Å²) in [5, 5.41) is 9.98. The summed E-state index contributed by atoms with van der Waals surface area (Å²) >= 11 is 0. The van der Waals surface area contributed by atoms with Crippen LogP contribution in [0.1, 0.15) is 37.4 Å². The molecule has 0 amide bonds. The fourth-order valence-electron chi connectivity index (χ4n) is 2.24. The Kier molecular flexibility index (Phi) is 2.82. The van der Waals surface area contributed by atoms with Crippen LogP contribution in [0, 0.1) is 11.7 Å². The lowest BCUT2D eigenvalue weighted by Gasteiger charge is -2.17. The van der Waals surface area contributed by atoms with E-state index in [2.05, 4.69) is 0 Å². The second kappa shape index (κ2) is 4.09. The molecule has 0 heterocycles. The van der Waals surface area contributed by atoms with E-state index in [1.165, 1.54) is 25.0 Å². The van der Waals surface area contributed by atoms with Crippen molar-refractivity contribution in [2.45, 2.75) is 31.8 Å². The number of rotatable bonds is 2. The van der Waals surface area contributed by atoms with E-state index in [0.29, 0.717) is 5.92 Å². The Balaban J connectivity index is 2.13. The van der Waals surface area contributed by atoms with Crippen LogP contribution in [-0.4, -0.2) is 5.11 Å². The average molecular weight is 194 g/mol. The van der Waals surface area contributed by atoms with E-state index >= 15 is 0 Å². The summed E-state index contributed by atoms with van der Waals surface area (Å²) in [6.07, 6.45) is 4.04. The van der Waals surface area contributed by atoms with E-state index in [0.717, 1.165) is 18.4 Å². The van der Waals surface area contributed by atoms with Gasteiger partial charge in [0, 0.05) is 0 Å². The van der Waals surface area contributed by atoms with Gasteiger partial charge in [-0.25, -0.2) is 4.39 Å². The molecule has 1 atom stereocenters. The molecule has 14 heavy (non-hydrogen) atoms. The third kappa shape index (κ3) is 1.95. The van der Waals surface area contributed by atoms with E-state index in [1.807, 2.05) is 0 Å². The van der Waals surface area contributed by atoms with E-state index in [9.17, 15) is 9.50 Å². The first-order valence-corrected chi connectivity index (χ1v) is 5.21. The van der Waals surface area contributed by atoms with Crippen LogP contribution in [0.15, 0.2) is 24.3 Å². The number of hydrogen-bond donors (Lipinski definition) is 1. The molecular weight excluding hydrogens is 179 g/mol. The Morgan fingerprint density at radius 3 is 2.64 bits per heavy atom. The molecule has 1 nitrogen and oxygen atoms in total. The zero-order valence-corrected chi connectivity index (χ0v) is 8.12. The Bertz CT molecular complexity index is 305. The predicted molar refractivity (Wildman–Crippen MR) is 53.3 cm³/mol. The van der Waals surface area contributed by atoms with Gasteiger partial charge in [0.25, 0.3) is 0 Å². The molecule has 0 spiro atoms. The van der Waals surface area contributed by atoms with E-state index in [1.54, 1.807) is 12.1 Å². The molecule has 0 radical (unpaired) electrons. The van der Waals surface area contributed by atoms with Crippen LogP contribution < -0.4 is 0 Å². The first kappa shape index (κ1) is 9.66. The Morgan fingerprint density at radius 1 is 1.29 bits per heavy atom. The molecule has 1 aromatic carbocycles. The molecule has 1 N–H and O–H groups in total. The molecule has 0 unspecified atom stereocenters. The molecule has 0 bridgehead atoms. The van der Waals surface area contributed by atoms with Crippen molar-refractivity contribution in [3.63, 3.8) is 0 Å². The molecule has 0 aromatic heterocycles. The molecule has 1 saturated carbocycles. The number of halogens is 1. The molecule has 1 aliphatic carbocycles. The van der Waals surface area contributed by atoms with Gasteiger partial charge < -0.3 is 5.11 Å². The largest absolute Gasteiger partial charge is 0.388 e. The monoisotopic (exact) mass is 194 g/mol. The minimum atomic E-state index is -0.479. The van der Waals surface area contributed by atoms with Gasteiger partial charge in [-0.05, 0) is 36.5 Å². The second-order valence-corrected chi connectivity index (χ2v) is 4.04. The summed E-state index contributed by atoms with van der Waals surface area (Å²) in [5.41, 5.74) is 0.719. The summed E-state index contributed by atoms with van der Waals surface area (Å²) in [5.74, 6) is 0.0661. The van der Waals surface area contributed by atoms with Crippen LogP contribution >= 0.6 is 0 Å². The predicted octanol–water partition coefficient (Wildman–Crippen LogP) is 3.05. The Morgan fingerprint density at radius 2 is 2.00 bits per heavy atom. The highest BCUT2D eigenvalue weighted by Crippen LogP contribution is 2.35. The zero-order valence-electron chi connectivity index (χ0n) is 8.12. The highest BCUT2D eigenvalue weighted by atomic mass is 19.1. The van der Waals surface area contributed by atoms with Crippen molar-refractivity contribution >= 4 is 0 Å². The Hall–Kier alpha value is -0.890. The van der Waals surface area contributed by atoms with Crippen LogP contribution in [0.2, 0.25) is 0 Å². The third-order valence-corrected chi connectivity index (χ3v) is 3.04. The van der Waals surface area contributed by atoms with Gasteiger partial charge in [-0.1, -0.05) is 25.0 Å². The smallest absolute Gasteiger partial charge is 0.123 e. The van der Waals surface area contributed by atoms with Gasteiger partial charge in [-0.2, -0.15) is 0 Å². The standard InChI is InChI=1S/C12H15FO/c13-11-7-3-6-10(8-11)12(14)9-4-1-2-5-9/h3,6-9,12,14H,1-2,4-5H2/t12-/m1/s1. The van der Waals surface area contributed by atoms with Gasteiger partial charge in [0.05, 0.1) is 6.10 Å². The van der Waals surface area contributed by atoms with E-state index < -0.39 is 6.10 Å². The van der Waals surface area contributed by atoms with Crippen molar-refractivity contribution in [2.24, 2.45) is 5.92 Å². The first-order valence-electron chi connectivity index (χ1n) is 5.21. The number of benzene rings is 1. The number of aliphatic hydroxyl groups excluding tert-OH is 1. The first-order chi connectivity index (χ1) is 6.77. The molecule has 0 aliphatic heterocycles. The maximum atomic E-state index is 12.9. The fraction of sp³-hybridized carbons (Fsp3) is 0.500. The minimum Gasteiger partial charge on any atom is -0.388 e. The van der Waals surface area contributed by atoms with Gasteiger partial charge in [0.2, 0.25) is 0 Å². The summed E-state index contributed by atoms with van der Waals surface area (Å²) in [6.45, 7) is 0. The van der Waals surface area contributed by atoms with Crippen molar-refractivity contribution in [2.75, 3.05) is 0 Å². The molecule has 2 rings (SSSR count). The maximum absolute atomic E-state index is 12.9. The number of aliphatic hydroxyl groups is 1. The summed E-state index contributed by atoms with van der Waals surface area (Å²) in [4.78, 5) is 0. The maximum Gasteiger partial charge on any atom is 0.123 e. The molecule has 1 fully saturated rings. The SMILES string of the molecule is O[C@@H](c1cccc(F)c1)C1CCCC1. The molecule has 0 saturated heterocycles.